The number of para-hydroxylation sites is 1. The molecule has 2 rings (SSSR count). The van der Waals surface area contributed by atoms with Crippen LogP contribution in [0.5, 0.6) is 11.5 Å². The lowest BCUT2D eigenvalue weighted by Gasteiger charge is -2.15. The maximum absolute atomic E-state index is 12.0. The molecule has 122 valence electrons. The van der Waals surface area contributed by atoms with Gasteiger partial charge in [-0.3, -0.25) is 4.79 Å². The summed E-state index contributed by atoms with van der Waals surface area (Å²) in [4.78, 5) is 12.0. The largest absolute Gasteiger partial charge is 0.492 e. The van der Waals surface area contributed by atoms with Crippen molar-refractivity contribution < 1.29 is 14.3 Å². The summed E-state index contributed by atoms with van der Waals surface area (Å²) in [6.45, 7) is 2.39. The first kappa shape index (κ1) is 17.4. The summed E-state index contributed by atoms with van der Waals surface area (Å²) < 4.78 is 11.0. The van der Waals surface area contributed by atoms with Gasteiger partial charge in [0, 0.05) is 5.02 Å². The second kappa shape index (κ2) is 8.65. The highest BCUT2D eigenvalue weighted by atomic mass is 35.5. The third-order valence-electron chi connectivity index (χ3n) is 2.99. The molecule has 0 aliphatic rings. The van der Waals surface area contributed by atoms with E-state index in [2.05, 4.69) is 5.32 Å². The summed E-state index contributed by atoms with van der Waals surface area (Å²) in [6, 6.07) is 14.1. The Morgan fingerprint density at radius 2 is 1.83 bits per heavy atom. The number of hydrogen-bond donors (Lipinski definition) is 1. The first-order valence-electron chi connectivity index (χ1n) is 7.13. The zero-order valence-electron chi connectivity index (χ0n) is 12.6. The van der Waals surface area contributed by atoms with Gasteiger partial charge in [-0.15, -0.1) is 0 Å². The number of carbonyl (C=O) groups excluding carboxylic acids is 1. The monoisotopic (exact) mass is 353 g/mol. The minimum Gasteiger partial charge on any atom is -0.492 e. The van der Waals surface area contributed by atoms with Gasteiger partial charge in [0.05, 0.1) is 11.6 Å². The third kappa shape index (κ3) is 5.66. The Balaban J connectivity index is 1.72. The van der Waals surface area contributed by atoms with E-state index in [1.807, 2.05) is 0 Å². The van der Waals surface area contributed by atoms with Gasteiger partial charge in [0.25, 0.3) is 5.91 Å². The van der Waals surface area contributed by atoms with E-state index < -0.39 is 6.10 Å². The Morgan fingerprint density at radius 1 is 1.13 bits per heavy atom. The maximum atomic E-state index is 12.0. The van der Waals surface area contributed by atoms with Gasteiger partial charge in [0.2, 0.25) is 0 Å². The van der Waals surface area contributed by atoms with Crippen molar-refractivity contribution in [1.82, 2.24) is 5.32 Å². The quantitative estimate of drug-likeness (QED) is 0.766. The van der Waals surface area contributed by atoms with Crippen LogP contribution in [0.1, 0.15) is 6.92 Å². The van der Waals surface area contributed by atoms with E-state index in [1.54, 1.807) is 55.5 Å². The van der Waals surface area contributed by atoms with Gasteiger partial charge in [-0.1, -0.05) is 35.3 Å². The second-order valence-corrected chi connectivity index (χ2v) is 5.63. The van der Waals surface area contributed by atoms with E-state index in [0.29, 0.717) is 34.7 Å². The molecule has 0 saturated heterocycles. The van der Waals surface area contributed by atoms with Crippen LogP contribution < -0.4 is 14.8 Å². The molecule has 23 heavy (non-hydrogen) atoms. The lowest BCUT2D eigenvalue weighted by atomic mass is 10.3. The highest BCUT2D eigenvalue weighted by molar-refractivity contribution is 6.32. The van der Waals surface area contributed by atoms with Crippen molar-refractivity contribution in [2.24, 2.45) is 0 Å². The van der Waals surface area contributed by atoms with Crippen LogP contribution in [0.2, 0.25) is 10.0 Å². The van der Waals surface area contributed by atoms with Crippen molar-refractivity contribution in [3.63, 3.8) is 0 Å². The lowest BCUT2D eigenvalue weighted by molar-refractivity contribution is -0.127. The number of halogens is 2. The molecule has 0 saturated carbocycles. The molecule has 0 aliphatic heterocycles. The van der Waals surface area contributed by atoms with Gasteiger partial charge in [-0.2, -0.15) is 0 Å². The van der Waals surface area contributed by atoms with Crippen molar-refractivity contribution in [2.45, 2.75) is 13.0 Å². The number of ether oxygens (including phenoxy) is 2. The average Bonchev–Trinajstić information content (AvgIpc) is 2.55. The Bertz CT molecular complexity index is 647. The summed E-state index contributed by atoms with van der Waals surface area (Å²) in [7, 11) is 0. The third-order valence-corrected chi connectivity index (χ3v) is 3.56. The minimum absolute atomic E-state index is 0.232. The van der Waals surface area contributed by atoms with Crippen molar-refractivity contribution in [3.8, 4) is 11.5 Å². The fourth-order valence-electron chi connectivity index (χ4n) is 1.80. The molecule has 6 heteroatoms. The topological polar surface area (TPSA) is 47.6 Å². The van der Waals surface area contributed by atoms with E-state index in [0.717, 1.165) is 0 Å². The van der Waals surface area contributed by atoms with E-state index in [1.165, 1.54) is 0 Å². The molecule has 0 fully saturated rings. The molecular formula is C17H17Cl2NO3. The molecule has 2 aromatic rings. The van der Waals surface area contributed by atoms with E-state index in [-0.39, 0.29) is 5.91 Å². The number of benzene rings is 2. The van der Waals surface area contributed by atoms with Crippen molar-refractivity contribution in [2.75, 3.05) is 13.2 Å². The fraction of sp³-hybridized carbons (Fsp3) is 0.235. The molecule has 0 heterocycles. The Labute approximate surface area is 145 Å². The highest BCUT2D eigenvalue weighted by Gasteiger charge is 2.15. The predicted octanol–water partition coefficient (Wildman–Crippen LogP) is 3.96. The first-order chi connectivity index (χ1) is 11.1. The van der Waals surface area contributed by atoms with Crippen LogP contribution in [-0.2, 0) is 4.79 Å². The molecule has 1 N–H and O–H groups in total. The van der Waals surface area contributed by atoms with E-state index >= 15 is 0 Å². The molecule has 0 radical (unpaired) electrons. The zero-order chi connectivity index (χ0) is 16.7. The molecule has 2 aromatic carbocycles. The molecule has 0 aromatic heterocycles. The summed E-state index contributed by atoms with van der Waals surface area (Å²) >= 11 is 11.8. The van der Waals surface area contributed by atoms with Crippen LogP contribution in [-0.4, -0.2) is 25.2 Å². The van der Waals surface area contributed by atoms with Gasteiger partial charge in [0.1, 0.15) is 18.1 Å². The SMILES string of the molecule is C[C@@H](Oc1ccccc1Cl)C(=O)NCCOc1ccc(Cl)cc1. The van der Waals surface area contributed by atoms with Crippen molar-refractivity contribution in [3.05, 3.63) is 58.6 Å². The predicted molar refractivity (Wildman–Crippen MR) is 91.5 cm³/mol. The highest BCUT2D eigenvalue weighted by Crippen LogP contribution is 2.24. The Kier molecular flexibility index (Phi) is 6.56. The fourth-order valence-corrected chi connectivity index (χ4v) is 2.11. The van der Waals surface area contributed by atoms with Crippen LogP contribution in [0.15, 0.2) is 48.5 Å². The number of carbonyl (C=O) groups is 1. The summed E-state index contributed by atoms with van der Waals surface area (Å²) in [5.74, 6) is 0.947. The summed E-state index contributed by atoms with van der Waals surface area (Å²) in [5.41, 5.74) is 0. The number of amides is 1. The number of rotatable bonds is 7. The molecule has 0 bridgehead atoms. The number of hydrogen-bond acceptors (Lipinski definition) is 3. The summed E-state index contributed by atoms with van der Waals surface area (Å²) in [6.07, 6.45) is -0.648. The first-order valence-corrected chi connectivity index (χ1v) is 7.89. The maximum Gasteiger partial charge on any atom is 0.260 e. The van der Waals surface area contributed by atoms with Crippen LogP contribution in [0.3, 0.4) is 0 Å². The van der Waals surface area contributed by atoms with Crippen LogP contribution >= 0.6 is 23.2 Å². The molecule has 4 nitrogen and oxygen atoms in total. The van der Waals surface area contributed by atoms with E-state index in [9.17, 15) is 4.79 Å². The molecule has 0 spiro atoms. The van der Waals surface area contributed by atoms with Gasteiger partial charge in [-0.05, 0) is 43.3 Å². The standard InChI is InChI=1S/C17H17Cl2NO3/c1-12(23-16-5-3-2-4-15(16)19)17(21)20-10-11-22-14-8-6-13(18)7-9-14/h2-9,12H,10-11H2,1H3,(H,20,21)/t12-/m1/s1. The van der Waals surface area contributed by atoms with Gasteiger partial charge >= 0.3 is 0 Å². The van der Waals surface area contributed by atoms with Crippen LogP contribution in [0, 0.1) is 0 Å². The lowest BCUT2D eigenvalue weighted by Crippen LogP contribution is -2.38. The van der Waals surface area contributed by atoms with Crippen LogP contribution in [0.4, 0.5) is 0 Å². The minimum atomic E-state index is -0.648. The van der Waals surface area contributed by atoms with Crippen molar-refractivity contribution in [1.29, 1.82) is 0 Å². The van der Waals surface area contributed by atoms with Gasteiger partial charge < -0.3 is 14.8 Å². The smallest absolute Gasteiger partial charge is 0.260 e. The Hall–Kier alpha value is -1.91. The van der Waals surface area contributed by atoms with Gasteiger partial charge in [-0.25, -0.2) is 0 Å². The molecule has 1 amide bonds. The van der Waals surface area contributed by atoms with E-state index in [4.69, 9.17) is 32.7 Å². The molecule has 1 atom stereocenters. The van der Waals surface area contributed by atoms with Crippen LogP contribution in [0.25, 0.3) is 0 Å². The second-order valence-electron chi connectivity index (χ2n) is 4.78. The normalized spacial score (nSPS) is 11.6. The molecular weight excluding hydrogens is 337 g/mol. The molecule has 0 unspecified atom stereocenters. The van der Waals surface area contributed by atoms with Crippen molar-refractivity contribution >= 4 is 29.1 Å². The molecule has 0 aliphatic carbocycles. The number of nitrogens with one attached hydrogen (secondary N) is 1. The zero-order valence-corrected chi connectivity index (χ0v) is 14.1. The average molecular weight is 354 g/mol. The summed E-state index contributed by atoms with van der Waals surface area (Å²) in [5, 5.41) is 3.87. The van der Waals surface area contributed by atoms with Gasteiger partial charge in [0.15, 0.2) is 6.10 Å². The Morgan fingerprint density at radius 3 is 2.52 bits per heavy atom.